The standard InChI is InChI=1S/C14H19N3O3/c1-20-12-8-10(15)4-5-11(12)14(19)16-9-13(18)17-6-2-3-7-17/h4-5,8H,2-3,6-7,9,15H2,1H3,(H,16,19). The monoisotopic (exact) mass is 277 g/mol. The van der Waals surface area contributed by atoms with E-state index < -0.39 is 0 Å². The van der Waals surface area contributed by atoms with Gasteiger partial charge in [0.25, 0.3) is 5.91 Å². The number of nitrogens with zero attached hydrogens (tertiary/aromatic N) is 1. The van der Waals surface area contributed by atoms with Crippen molar-refractivity contribution in [1.82, 2.24) is 10.2 Å². The van der Waals surface area contributed by atoms with Crippen LogP contribution < -0.4 is 15.8 Å². The average Bonchev–Trinajstić information content (AvgIpc) is 2.98. The Labute approximate surface area is 117 Å². The van der Waals surface area contributed by atoms with Crippen molar-refractivity contribution >= 4 is 17.5 Å². The van der Waals surface area contributed by atoms with E-state index in [1.165, 1.54) is 7.11 Å². The molecule has 0 bridgehead atoms. The number of methoxy groups -OCH3 is 1. The van der Waals surface area contributed by atoms with E-state index in [0.717, 1.165) is 25.9 Å². The van der Waals surface area contributed by atoms with Gasteiger partial charge in [-0.25, -0.2) is 0 Å². The van der Waals surface area contributed by atoms with Crippen LogP contribution in [0.2, 0.25) is 0 Å². The summed E-state index contributed by atoms with van der Waals surface area (Å²) in [6, 6.07) is 4.79. The van der Waals surface area contributed by atoms with E-state index in [-0.39, 0.29) is 18.4 Å². The normalized spacial score (nSPS) is 14.2. The highest BCUT2D eigenvalue weighted by atomic mass is 16.5. The lowest BCUT2D eigenvalue weighted by atomic mass is 10.1. The van der Waals surface area contributed by atoms with Crippen LogP contribution in [0, 0.1) is 0 Å². The van der Waals surface area contributed by atoms with Gasteiger partial charge in [-0.15, -0.1) is 0 Å². The highest BCUT2D eigenvalue weighted by molar-refractivity contribution is 5.99. The summed E-state index contributed by atoms with van der Waals surface area (Å²) in [7, 11) is 1.47. The lowest BCUT2D eigenvalue weighted by Gasteiger charge is -2.16. The van der Waals surface area contributed by atoms with Gasteiger partial charge in [0.15, 0.2) is 0 Å². The molecule has 2 rings (SSSR count). The molecule has 0 aliphatic carbocycles. The van der Waals surface area contributed by atoms with E-state index in [2.05, 4.69) is 5.32 Å². The van der Waals surface area contributed by atoms with Crippen molar-refractivity contribution in [2.75, 3.05) is 32.5 Å². The molecule has 1 aromatic rings. The first-order chi connectivity index (χ1) is 9.61. The SMILES string of the molecule is COc1cc(N)ccc1C(=O)NCC(=O)N1CCCC1. The van der Waals surface area contributed by atoms with Gasteiger partial charge in [-0.2, -0.15) is 0 Å². The Morgan fingerprint density at radius 3 is 2.70 bits per heavy atom. The number of benzene rings is 1. The topological polar surface area (TPSA) is 84.7 Å². The second kappa shape index (κ2) is 6.27. The minimum absolute atomic E-state index is 0.00631. The Balaban J connectivity index is 1.96. The van der Waals surface area contributed by atoms with E-state index >= 15 is 0 Å². The fourth-order valence-electron chi connectivity index (χ4n) is 2.22. The summed E-state index contributed by atoms with van der Waals surface area (Å²) >= 11 is 0. The fraction of sp³-hybridized carbons (Fsp3) is 0.429. The van der Waals surface area contributed by atoms with Crippen LogP contribution in [-0.2, 0) is 4.79 Å². The number of ether oxygens (including phenoxy) is 1. The first kappa shape index (κ1) is 14.2. The van der Waals surface area contributed by atoms with Crippen molar-refractivity contribution < 1.29 is 14.3 Å². The minimum atomic E-state index is -0.339. The van der Waals surface area contributed by atoms with E-state index in [4.69, 9.17) is 10.5 Å². The molecule has 6 heteroatoms. The summed E-state index contributed by atoms with van der Waals surface area (Å²) in [4.78, 5) is 25.7. The van der Waals surface area contributed by atoms with Crippen LogP contribution in [-0.4, -0.2) is 43.5 Å². The van der Waals surface area contributed by atoms with Gasteiger partial charge < -0.3 is 20.7 Å². The third-order valence-corrected chi connectivity index (χ3v) is 3.33. The largest absolute Gasteiger partial charge is 0.496 e. The zero-order valence-corrected chi connectivity index (χ0v) is 11.5. The zero-order valence-electron chi connectivity index (χ0n) is 11.5. The number of nitrogens with one attached hydrogen (secondary N) is 1. The predicted molar refractivity (Wildman–Crippen MR) is 75.6 cm³/mol. The zero-order chi connectivity index (χ0) is 14.5. The van der Waals surface area contributed by atoms with Gasteiger partial charge in [0.05, 0.1) is 19.2 Å². The molecular formula is C14H19N3O3. The van der Waals surface area contributed by atoms with Gasteiger partial charge in [-0.05, 0) is 25.0 Å². The Morgan fingerprint density at radius 1 is 1.35 bits per heavy atom. The Morgan fingerprint density at radius 2 is 2.05 bits per heavy atom. The highest BCUT2D eigenvalue weighted by Crippen LogP contribution is 2.21. The Bertz CT molecular complexity index is 510. The van der Waals surface area contributed by atoms with Gasteiger partial charge in [0.2, 0.25) is 5.91 Å². The summed E-state index contributed by atoms with van der Waals surface area (Å²) in [6.45, 7) is 1.56. The summed E-state index contributed by atoms with van der Waals surface area (Å²) in [5, 5.41) is 2.62. The molecule has 0 aromatic heterocycles. The second-order valence-corrected chi connectivity index (χ2v) is 4.73. The Hall–Kier alpha value is -2.24. The summed E-state index contributed by atoms with van der Waals surface area (Å²) in [5.41, 5.74) is 6.53. The van der Waals surface area contributed by atoms with Crippen LogP contribution >= 0.6 is 0 Å². The molecule has 3 N–H and O–H groups in total. The van der Waals surface area contributed by atoms with E-state index in [9.17, 15) is 9.59 Å². The molecule has 1 fully saturated rings. The lowest BCUT2D eigenvalue weighted by molar-refractivity contribution is -0.129. The van der Waals surface area contributed by atoms with Gasteiger partial charge in [-0.3, -0.25) is 9.59 Å². The van der Waals surface area contributed by atoms with Crippen LogP contribution in [0.1, 0.15) is 23.2 Å². The maximum Gasteiger partial charge on any atom is 0.255 e. The molecule has 0 saturated carbocycles. The minimum Gasteiger partial charge on any atom is -0.496 e. The van der Waals surface area contributed by atoms with Crippen molar-refractivity contribution in [2.45, 2.75) is 12.8 Å². The second-order valence-electron chi connectivity index (χ2n) is 4.73. The molecule has 1 aliphatic rings. The predicted octanol–water partition coefficient (Wildman–Crippen LogP) is 0.630. The van der Waals surface area contributed by atoms with E-state index in [1.807, 2.05) is 0 Å². The van der Waals surface area contributed by atoms with Gasteiger partial charge in [-0.1, -0.05) is 0 Å². The molecule has 108 valence electrons. The molecule has 0 atom stereocenters. The third kappa shape index (κ3) is 3.20. The molecule has 2 amide bonds. The molecule has 1 aromatic carbocycles. The number of hydrogen-bond donors (Lipinski definition) is 2. The van der Waals surface area contributed by atoms with Crippen molar-refractivity contribution in [2.24, 2.45) is 0 Å². The van der Waals surface area contributed by atoms with Crippen molar-refractivity contribution in [3.05, 3.63) is 23.8 Å². The fourth-order valence-corrected chi connectivity index (χ4v) is 2.22. The molecule has 1 aliphatic heterocycles. The van der Waals surface area contributed by atoms with Crippen LogP contribution in [0.25, 0.3) is 0 Å². The number of carbonyl (C=O) groups excluding carboxylic acids is 2. The molecule has 20 heavy (non-hydrogen) atoms. The third-order valence-electron chi connectivity index (χ3n) is 3.33. The Kier molecular flexibility index (Phi) is 4.45. The van der Waals surface area contributed by atoms with Crippen LogP contribution in [0.3, 0.4) is 0 Å². The number of hydrogen-bond acceptors (Lipinski definition) is 4. The number of carbonyl (C=O) groups is 2. The number of rotatable bonds is 4. The maximum atomic E-state index is 12.1. The summed E-state index contributed by atoms with van der Waals surface area (Å²) in [6.07, 6.45) is 2.07. The number of nitrogens with two attached hydrogens (primary N) is 1. The van der Waals surface area contributed by atoms with Crippen molar-refractivity contribution in [3.63, 3.8) is 0 Å². The molecular weight excluding hydrogens is 258 g/mol. The van der Waals surface area contributed by atoms with Gasteiger partial charge >= 0.3 is 0 Å². The molecule has 0 unspecified atom stereocenters. The number of amides is 2. The average molecular weight is 277 g/mol. The highest BCUT2D eigenvalue weighted by Gasteiger charge is 2.19. The van der Waals surface area contributed by atoms with Crippen LogP contribution in [0.15, 0.2) is 18.2 Å². The smallest absolute Gasteiger partial charge is 0.255 e. The first-order valence-corrected chi connectivity index (χ1v) is 6.61. The molecule has 1 heterocycles. The first-order valence-electron chi connectivity index (χ1n) is 6.61. The maximum absolute atomic E-state index is 12.1. The molecule has 6 nitrogen and oxygen atoms in total. The number of anilines is 1. The summed E-state index contributed by atoms with van der Waals surface area (Å²) in [5.74, 6) is 0.00998. The van der Waals surface area contributed by atoms with Crippen LogP contribution in [0.4, 0.5) is 5.69 Å². The number of nitrogen functional groups attached to an aromatic ring is 1. The molecule has 0 spiro atoms. The number of likely N-dealkylation sites (tertiary alicyclic amines) is 1. The van der Waals surface area contributed by atoms with Gasteiger partial charge in [0, 0.05) is 24.8 Å². The summed E-state index contributed by atoms with van der Waals surface area (Å²) < 4.78 is 5.12. The van der Waals surface area contributed by atoms with Crippen molar-refractivity contribution in [1.29, 1.82) is 0 Å². The van der Waals surface area contributed by atoms with E-state index in [1.54, 1.807) is 23.1 Å². The molecule has 0 radical (unpaired) electrons. The quantitative estimate of drug-likeness (QED) is 0.791. The van der Waals surface area contributed by atoms with Crippen molar-refractivity contribution in [3.8, 4) is 5.75 Å². The lowest BCUT2D eigenvalue weighted by Crippen LogP contribution is -2.38. The van der Waals surface area contributed by atoms with Crippen LogP contribution in [0.5, 0.6) is 5.75 Å². The van der Waals surface area contributed by atoms with E-state index in [0.29, 0.717) is 17.0 Å². The molecule has 1 saturated heterocycles. The van der Waals surface area contributed by atoms with Gasteiger partial charge in [0.1, 0.15) is 5.75 Å².